The zero-order valence-electron chi connectivity index (χ0n) is 12.9. The van der Waals surface area contributed by atoms with Gasteiger partial charge in [0, 0.05) is 19.1 Å². The lowest BCUT2D eigenvalue weighted by Crippen LogP contribution is -2.52. The molecule has 0 aromatic carbocycles. The number of nitrogens with one attached hydrogen (secondary N) is 2. The highest BCUT2D eigenvalue weighted by molar-refractivity contribution is 6.07. The molecular weight excluding hydrogens is 272 g/mol. The summed E-state index contributed by atoms with van der Waals surface area (Å²) in [5.41, 5.74) is -0.974. The molecule has 2 heterocycles. The van der Waals surface area contributed by atoms with Gasteiger partial charge in [-0.2, -0.15) is 0 Å². The second kappa shape index (κ2) is 6.01. The van der Waals surface area contributed by atoms with E-state index in [0.717, 1.165) is 25.9 Å². The molecule has 2 fully saturated rings. The molecule has 118 valence electrons. The van der Waals surface area contributed by atoms with Crippen molar-refractivity contribution in [3.63, 3.8) is 0 Å². The molecule has 0 bridgehead atoms. The van der Waals surface area contributed by atoms with Crippen molar-refractivity contribution in [3.8, 4) is 0 Å². The minimum atomic E-state index is -0.974. The number of hydrogen-bond acceptors (Lipinski definition) is 4. The van der Waals surface area contributed by atoms with Gasteiger partial charge in [-0.25, -0.2) is 4.79 Å². The Balaban J connectivity index is 2.07. The molecule has 7 heteroatoms. The van der Waals surface area contributed by atoms with Gasteiger partial charge in [0.15, 0.2) is 0 Å². The summed E-state index contributed by atoms with van der Waals surface area (Å²) in [6.45, 7) is 7.66. The smallest absolute Gasteiger partial charge is 0.325 e. The summed E-state index contributed by atoms with van der Waals surface area (Å²) in [6, 6.07) is -0.304. The Morgan fingerprint density at radius 2 is 2.14 bits per heavy atom. The van der Waals surface area contributed by atoms with E-state index >= 15 is 0 Å². The maximum absolute atomic E-state index is 12.6. The van der Waals surface area contributed by atoms with Crippen LogP contribution in [-0.4, -0.2) is 65.4 Å². The number of carbonyl (C=O) groups excluding carboxylic acids is 3. The average Bonchev–Trinajstić information content (AvgIpc) is 3.00. The fourth-order valence-electron chi connectivity index (χ4n) is 2.85. The van der Waals surface area contributed by atoms with E-state index in [2.05, 4.69) is 10.6 Å². The van der Waals surface area contributed by atoms with Crippen LogP contribution >= 0.6 is 0 Å². The first-order valence-corrected chi connectivity index (χ1v) is 7.51. The maximum Gasteiger partial charge on any atom is 0.325 e. The summed E-state index contributed by atoms with van der Waals surface area (Å²) in [5.74, 6) is -0.451. The Kier molecular flexibility index (Phi) is 4.51. The summed E-state index contributed by atoms with van der Waals surface area (Å²) in [5, 5.41) is 5.52. The predicted octanol–water partition coefficient (Wildman–Crippen LogP) is -0.0827. The SMILES string of the molecule is CCCN(C(=O)CN1C(=O)NC(=O)C1(C)C)C1CCNC1. The third kappa shape index (κ3) is 3.02. The molecule has 2 rings (SSSR count). The first kappa shape index (κ1) is 15.8. The van der Waals surface area contributed by atoms with Gasteiger partial charge in [0.05, 0.1) is 0 Å². The molecule has 0 spiro atoms. The lowest BCUT2D eigenvalue weighted by molar-refractivity contribution is -0.135. The van der Waals surface area contributed by atoms with Crippen LogP contribution in [0.1, 0.15) is 33.6 Å². The van der Waals surface area contributed by atoms with Gasteiger partial charge < -0.3 is 15.1 Å². The molecular formula is C14H24N4O3. The van der Waals surface area contributed by atoms with Gasteiger partial charge in [-0.3, -0.25) is 14.9 Å². The molecule has 21 heavy (non-hydrogen) atoms. The molecule has 0 aliphatic carbocycles. The molecule has 4 amide bonds. The second-order valence-electron chi connectivity index (χ2n) is 6.14. The lowest BCUT2D eigenvalue weighted by Gasteiger charge is -2.33. The Labute approximate surface area is 125 Å². The number of carbonyl (C=O) groups is 3. The monoisotopic (exact) mass is 296 g/mol. The molecule has 1 unspecified atom stereocenters. The van der Waals surface area contributed by atoms with Crippen LogP contribution in [0.25, 0.3) is 0 Å². The van der Waals surface area contributed by atoms with Gasteiger partial charge in [0.25, 0.3) is 5.91 Å². The summed E-state index contributed by atoms with van der Waals surface area (Å²) < 4.78 is 0. The van der Waals surface area contributed by atoms with E-state index in [9.17, 15) is 14.4 Å². The highest BCUT2D eigenvalue weighted by atomic mass is 16.2. The maximum atomic E-state index is 12.6. The van der Waals surface area contributed by atoms with E-state index in [0.29, 0.717) is 6.54 Å². The summed E-state index contributed by atoms with van der Waals surface area (Å²) >= 11 is 0. The van der Waals surface area contributed by atoms with Crippen molar-refractivity contribution in [1.29, 1.82) is 0 Å². The number of nitrogens with zero attached hydrogens (tertiary/aromatic N) is 2. The standard InChI is InChI=1S/C14H24N4O3/c1-4-7-17(10-5-6-15-8-10)11(19)9-18-13(21)16-12(20)14(18,2)3/h10,15H,4-9H2,1-3H3,(H,16,20,21). The van der Waals surface area contributed by atoms with Gasteiger partial charge in [0.1, 0.15) is 12.1 Å². The van der Waals surface area contributed by atoms with Gasteiger partial charge in [-0.15, -0.1) is 0 Å². The van der Waals surface area contributed by atoms with Crippen LogP contribution in [0.15, 0.2) is 0 Å². The van der Waals surface area contributed by atoms with Crippen molar-refractivity contribution in [2.45, 2.75) is 45.2 Å². The second-order valence-corrected chi connectivity index (χ2v) is 6.14. The minimum Gasteiger partial charge on any atom is -0.337 e. The van der Waals surface area contributed by atoms with Crippen LogP contribution in [0.5, 0.6) is 0 Å². The molecule has 2 N–H and O–H groups in total. The molecule has 1 atom stereocenters. The van der Waals surface area contributed by atoms with Crippen LogP contribution in [0.3, 0.4) is 0 Å². The highest BCUT2D eigenvalue weighted by Gasteiger charge is 2.46. The molecule has 2 aliphatic rings. The van der Waals surface area contributed by atoms with Gasteiger partial charge in [0.2, 0.25) is 5.91 Å². The van der Waals surface area contributed by atoms with E-state index < -0.39 is 11.6 Å². The Morgan fingerprint density at radius 1 is 1.43 bits per heavy atom. The van der Waals surface area contributed by atoms with Gasteiger partial charge >= 0.3 is 6.03 Å². The molecule has 0 aromatic heterocycles. The van der Waals surface area contributed by atoms with E-state index in [-0.39, 0.29) is 24.4 Å². The van der Waals surface area contributed by atoms with E-state index in [1.807, 2.05) is 11.8 Å². The van der Waals surface area contributed by atoms with Gasteiger partial charge in [-0.1, -0.05) is 6.92 Å². The van der Waals surface area contributed by atoms with Crippen molar-refractivity contribution >= 4 is 17.8 Å². The zero-order chi connectivity index (χ0) is 15.6. The van der Waals surface area contributed by atoms with E-state index in [1.54, 1.807) is 13.8 Å². The summed E-state index contributed by atoms with van der Waals surface area (Å²) in [4.78, 5) is 39.3. The molecule has 0 radical (unpaired) electrons. The van der Waals surface area contributed by atoms with E-state index in [1.165, 1.54) is 4.90 Å². The fraction of sp³-hybridized carbons (Fsp3) is 0.786. The number of urea groups is 1. The summed E-state index contributed by atoms with van der Waals surface area (Å²) in [7, 11) is 0. The van der Waals surface area contributed by atoms with Crippen molar-refractivity contribution in [3.05, 3.63) is 0 Å². The molecule has 2 aliphatic heterocycles. The largest absolute Gasteiger partial charge is 0.337 e. The van der Waals surface area contributed by atoms with Crippen molar-refractivity contribution in [2.75, 3.05) is 26.2 Å². The number of hydrogen-bond donors (Lipinski definition) is 2. The quantitative estimate of drug-likeness (QED) is 0.695. The van der Waals surface area contributed by atoms with Crippen LogP contribution in [0, 0.1) is 0 Å². The lowest BCUT2D eigenvalue weighted by atomic mass is 10.0. The van der Waals surface area contributed by atoms with Crippen LogP contribution in [0.4, 0.5) is 4.79 Å². The molecule has 2 saturated heterocycles. The van der Waals surface area contributed by atoms with Crippen molar-refractivity contribution < 1.29 is 14.4 Å². The number of rotatable bonds is 5. The molecule has 0 aromatic rings. The Bertz CT molecular complexity index is 444. The van der Waals surface area contributed by atoms with Crippen molar-refractivity contribution in [2.24, 2.45) is 0 Å². The molecule has 7 nitrogen and oxygen atoms in total. The number of amides is 4. The predicted molar refractivity (Wildman–Crippen MR) is 77.6 cm³/mol. The average molecular weight is 296 g/mol. The first-order valence-electron chi connectivity index (χ1n) is 7.51. The minimum absolute atomic E-state index is 0.0545. The Morgan fingerprint density at radius 3 is 2.62 bits per heavy atom. The van der Waals surface area contributed by atoms with Crippen LogP contribution in [-0.2, 0) is 9.59 Å². The first-order chi connectivity index (χ1) is 9.87. The zero-order valence-corrected chi connectivity index (χ0v) is 12.9. The number of imide groups is 1. The van der Waals surface area contributed by atoms with E-state index in [4.69, 9.17) is 0 Å². The third-order valence-electron chi connectivity index (χ3n) is 4.25. The van der Waals surface area contributed by atoms with Crippen molar-refractivity contribution in [1.82, 2.24) is 20.4 Å². The third-order valence-corrected chi connectivity index (χ3v) is 4.25. The fourth-order valence-corrected chi connectivity index (χ4v) is 2.85. The molecule has 0 saturated carbocycles. The summed E-state index contributed by atoms with van der Waals surface area (Å²) in [6.07, 6.45) is 1.80. The highest BCUT2D eigenvalue weighted by Crippen LogP contribution is 2.21. The topological polar surface area (TPSA) is 81.8 Å². The van der Waals surface area contributed by atoms with Crippen LogP contribution in [0.2, 0.25) is 0 Å². The van der Waals surface area contributed by atoms with Crippen LogP contribution < -0.4 is 10.6 Å². The van der Waals surface area contributed by atoms with Gasteiger partial charge in [-0.05, 0) is 33.2 Å². The normalized spacial score (nSPS) is 24.3. The Hall–Kier alpha value is -1.63.